The molecule has 0 fully saturated rings. The van der Waals surface area contributed by atoms with E-state index in [4.69, 9.17) is 4.74 Å². The first-order valence-corrected chi connectivity index (χ1v) is 4.50. The average Bonchev–Trinajstić information content (AvgIpc) is 1.85. The van der Waals surface area contributed by atoms with Gasteiger partial charge in [-0.05, 0) is 20.8 Å². The molecule has 0 aromatic heterocycles. The second-order valence-electron chi connectivity index (χ2n) is 3.18. The maximum absolute atomic E-state index is 11.3. The molecule has 0 aliphatic carbocycles. The second kappa shape index (κ2) is 3.85. The van der Waals surface area contributed by atoms with Gasteiger partial charge >= 0.3 is 0 Å². The highest BCUT2D eigenvalue weighted by Gasteiger charge is 2.18. The molecule has 0 aliphatic rings. The minimum Gasteiger partial charge on any atom is -0.484 e. The van der Waals surface area contributed by atoms with Gasteiger partial charge in [0.2, 0.25) is 0 Å². The van der Waals surface area contributed by atoms with Crippen LogP contribution in [0.2, 0.25) is 0 Å². The summed E-state index contributed by atoms with van der Waals surface area (Å²) in [4.78, 5) is 0. The monoisotopic (exact) mass is 177 g/mol. The molecular weight excluding hydrogens is 162 g/mol. The fraction of sp³-hybridized carbons (Fsp3) is 0.857. The highest BCUT2D eigenvalue weighted by Crippen LogP contribution is 2.12. The number of nitrogens with zero attached hydrogens (tertiary/aromatic N) is 1. The fourth-order valence-corrected chi connectivity index (χ4v) is 0.873. The zero-order valence-electron chi connectivity index (χ0n) is 7.67. The largest absolute Gasteiger partial charge is 0.484 e. The Bertz CT molecular complexity index is 181. The van der Waals surface area contributed by atoms with Crippen LogP contribution in [-0.2, 0) is 15.7 Å². The minimum atomic E-state index is -1.20. The summed E-state index contributed by atoms with van der Waals surface area (Å²) in [5.41, 5.74) is 0. The Labute approximate surface area is 70.4 Å². The summed E-state index contributed by atoms with van der Waals surface area (Å²) in [6.07, 6.45) is 0. The molecule has 66 valence electrons. The molecule has 0 unspecified atom stereocenters. The third-order valence-electron chi connectivity index (χ3n) is 1.03. The zero-order chi connectivity index (χ0) is 9.07. The lowest BCUT2D eigenvalue weighted by molar-refractivity contribution is 0.401. The first-order chi connectivity index (χ1) is 4.88. The van der Waals surface area contributed by atoms with Crippen molar-refractivity contribution < 1.29 is 8.95 Å². The molecule has 0 bridgehead atoms. The van der Waals surface area contributed by atoms with Crippen molar-refractivity contribution in [2.75, 3.05) is 7.11 Å². The van der Waals surface area contributed by atoms with Gasteiger partial charge in [-0.15, -0.1) is 0 Å². The number of methoxy groups -OCH3 is 1. The molecule has 0 saturated heterocycles. The summed E-state index contributed by atoms with van der Waals surface area (Å²) in [5, 5.41) is 0. The predicted molar refractivity (Wildman–Crippen MR) is 48.0 cm³/mol. The molecule has 0 saturated carbocycles. The molecule has 4 heteroatoms. The van der Waals surface area contributed by atoms with Gasteiger partial charge in [-0.2, -0.15) is 4.40 Å². The van der Waals surface area contributed by atoms with Crippen LogP contribution in [0.1, 0.15) is 27.7 Å². The third-order valence-corrected chi connectivity index (χ3v) is 2.50. The van der Waals surface area contributed by atoms with E-state index in [1.54, 1.807) is 6.92 Å². The Morgan fingerprint density at radius 2 is 1.91 bits per heavy atom. The maximum atomic E-state index is 11.3. The molecule has 0 aliphatic heterocycles. The first kappa shape index (κ1) is 10.6. The summed E-state index contributed by atoms with van der Waals surface area (Å²) in [6.45, 7) is 7.30. The van der Waals surface area contributed by atoms with Crippen LogP contribution in [0.4, 0.5) is 0 Å². The summed E-state index contributed by atoms with van der Waals surface area (Å²) < 4.78 is 19.6. The predicted octanol–water partition coefficient (Wildman–Crippen LogP) is 1.51. The van der Waals surface area contributed by atoms with Gasteiger partial charge < -0.3 is 4.74 Å². The van der Waals surface area contributed by atoms with Gasteiger partial charge in [0.1, 0.15) is 11.0 Å². The molecule has 0 N–H and O–H groups in total. The topological polar surface area (TPSA) is 38.7 Å². The van der Waals surface area contributed by atoms with Crippen LogP contribution in [0.3, 0.4) is 0 Å². The Kier molecular flexibility index (Phi) is 3.72. The Morgan fingerprint density at radius 1 is 1.45 bits per heavy atom. The second-order valence-corrected chi connectivity index (χ2v) is 5.08. The van der Waals surface area contributed by atoms with Crippen molar-refractivity contribution in [2.24, 2.45) is 4.40 Å². The molecule has 0 aromatic rings. The van der Waals surface area contributed by atoms with E-state index in [1.165, 1.54) is 7.11 Å². The molecule has 0 aromatic carbocycles. The van der Waals surface area contributed by atoms with Gasteiger partial charge in [-0.3, -0.25) is 0 Å². The van der Waals surface area contributed by atoms with E-state index in [2.05, 4.69) is 4.40 Å². The van der Waals surface area contributed by atoms with E-state index < -0.39 is 11.0 Å². The van der Waals surface area contributed by atoms with Crippen molar-refractivity contribution in [1.29, 1.82) is 0 Å². The van der Waals surface area contributed by atoms with Crippen molar-refractivity contribution in [1.82, 2.24) is 0 Å². The van der Waals surface area contributed by atoms with Crippen molar-refractivity contribution in [2.45, 2.75) is 32.4 Å². The molecule has 0 radical (unpaired) electrons. The number of hydrogen-bond donors (Lipinski definition) is 0. The van der Waals surface area contributed by atoms with E-state index in [1.807, 2.05) is 20.8 Å². The molecule has 11 heavy (non-hydrogen) atoms. The molecule has 0 amide bonds. The van der Waals surface area contributed by atoms with Gasteiger partial charge in [0, 0.05) is 6.92 Å². The maximum Gasteiger partial charge on any atom is 0.194 e. The third kappa shape index (κ3) is 4.14. The number of ether oxygens (including phenoxy) is 1. The number of rotatable bonds is 1. The average molecular weight is 177 g/mol. The van der Waals surface area contributed by atoms with Crippen LogP contribution < -0.4 is 0 Å². The van der Waals surface area contributed by atoms with Crippen LogP contribution in [0.25, 0.3) is 0 Å². The van der Waals surface area contributed by atoms with Crippen LogP contribution in [0.5, 0.6) is 0 Å². The van der Waals surface area contributed by atoms with Crippen molar-refractivity contribution in [3.63, 3.8) is 0 Å². The Morgan fingerprint density at radius 3 is 2.18 bits per heavy atom. The molecule has 0 spiro atoms. The van der Waals surface area contributed by atoms with Gasteiger partial charge in [0.15, 0.2) is 5.90 Å². The Balaban J connectivity index is 4.30. The first-order valence-electron chi connectivity index (χ1n) is 3.39. The minimum absolute atomic E-state index is 0.306. The molecule has 1 atom stereocenters. The zero-order valence-corrected chi connectivity index (χ0v) is 8.49. The summed E-state index contributed by atoms with van der Waals surface area (Å²) in [6, 6.07) is 0. The van der Waals surface area contributed by atoms with Crippen molar-refractivity contribution in [3.05, 3.63) is 0 Å². The van der Waals surface area contributed by atoms with Crippen LogP contribution in [0.15, 0.2) is 4.40 Å². The summed E-state index contributed by atoms with van der Waals surface area (Å²) in [7, 11) is 0.308. The number of hydrogen-bond acceptors (Lipinski definition) is 2. The van der Waals surface area contributed by atoms with E-state index in [9.17, 15) is 4.21 Å². The van der Waals surface area contributed by atoms with Crippen LogP contribution in [0, 0.1) is 0 Å². The Hall–Kier alpha value is -0.380. The quantitative estimate of drug-likeness (QED) is 0.450. The van der Waals surface area contributed by atoms with E-state index in [-0.39, 0.29) is 4.75 Å². The lowest BCUT2D eigenvalue weighted by Crippen LogP contribution is -2.20. The normalized spacial score (nSPS) is 16.3. The molecule has 0 heterocycles. The standard InChI is InChI=1S/C7H15NO2S/c1-6(10-5)8-11(9)7(2,3)4/h1-5H3/b8-6+/t11-/m1/s1. The van der Waals surface area contributed by atoms with Crippen molar-refractivity contribution in [3.8, 4) is 0 Å². The lowest BCUT2D eigenvalue weighted by atomic mass is 10.3. The molecule has 3 nitrogen and oxygen atoms in total. The van der Waals surface area contributed by atoms with Gasteiger partial charge in [0.05, 0.1) is 11.9 Å². The summed E-state index contributed by atoms with van der Waals surface area (Å²) >= 11 is 0. The smallest absolute Gasteiger partial charge is 0.194 e. The van der Waals surface area contributed by atoms with Crippen LogP contribution >= 0.6 is 0 Å². The lowest BCUT2D eigenvalue weighted by Gasteiger charge is -2.13. The highest BCUT2D eigenvalue weighted by atomic mass is 32.2. The van der Waals surface area contributed by atoms with Gasteiger partial charge in [-0.1, -0.05) is 0 Å². The molecule has 0 rings (SSSR count). The fourth-order valence-electron chi connectivity index (χ4n) is 0.291. The SMILES string of the molecule is CO/C(C)=N/[S@](=O)C(C)(C)C. The van der Waals surface area contributed by atoms with Gasteiger partial charge in [-0.25, -0.2) is 4.21 Å². The van der Waals surface area contributed by atoms with Crippen molar-refractivity contribution >= 4 is 16.9 Å². The van der Waals surface area contributed by atoms with E-state index in [0.717, 1.165) is 0 Å². The highest BCUT2D eigenvalue weighted by molar-refractivity contribution is 7.85. The molecular formula is C7H15NO2S. The van der Waals surface area contributed by atoms with Crippen LogP contribution in [-0.4, -0.2) is 22.0 Å². The summed E-state index contributed by atoms with van der Waals surface area (Å²) in [5.74, 6) is 0.457. The van der Waals surface area contributed by atoms with E-state index in [0.29, 0.717) is 5.90 Å². The van der Waals surface area contributed by atoms with E-state index >= 15 is 0 Å². The van der Waals surface area contributed by atoms with Gasteiger partial charge in [0.25, 0.3) is 0 Å².